The molecule has 1 N–H and O–H groups in total. The third kappa shape index (κ3) is 3.82. The first-order valence-electron chi connectivity index (χ1n) is 6.32. The maximum absolute atomic E-state index is 14.0. The Hall–Kier alpha value is -1.88. The predicted molar refractivity (Wildman–Crippen MR) is 81.2 cm³/mol. The molecule has 0 aliphatic rings. The molecule has 0 fully saturated rings. The van der Waals surface area contributed by atoms with Gasteiger partial charge in [-0.1, -0.05) is 34.1 Å². The van der Waals surface area contributed by atoms with Crippen molar-refractivity contribution < 1.29 is 19.0 Å². The number of ether oxygens (including phenoxy) is 1. The largest absolute Gasteiger partial charge is 0.497 e. The highest BCUT2D eigenvalue weighted by molar-refractivity contribution is 9.10. The number of carboxylic acid groups (broad SMARTS) is 1. The highest BCUT2D eigenvalue weighted by atomic mass is 79.9. The second kappa shape index (κ2) is 6.72. The first-order chi connectivity index (χ1) is 10.0. The van der Waals surface area contributed by atoms with Crippen molar-refractivity contribution in [1.82, 2.24) is 0 Å². The molecule has 0 heterocycles. The second-order valence-electron chi connectivity index (χ2n) is 4.61. The van der Waals surface area contributed by atoms with Crippen LogP contribution in [0.2, 0.25) is 0 Å². The van der Waals surface area contributed by atoms with E-state index in [1.165, 1.54) is 13.2 Å². The number of hydrogen-bond donors (Lipinski definition) is 1. The minimum Gasteiger partial charge on any atom is -0.497 e. The van der Waals surface area contributed by atoms with E-state index in [9.17, 15) is 14.3 Å². The summed E-state index contributed by atoms with van der Waals surface area (Å²) in [6.07, 6.45) is 0.0849. The second-order valence-corrected chi connectivity index (χ2v) is 5.52. The molecule has 0 spiro atoms. The van der Waals surface area contributed by atoms with E-state index in [-0.39, 0.29) is 6.42 Å². The molecule has 2 aromatic rings. The zero-order valence-corrected chi connectivity index (χ0v) is 12.9. The van der Waals surface area contributed by atoms with Crippen LogP contribution in [-0.4, -0.2) is 18.2 Å². The van der Waals surface area contributed by atoms with Crippen molar-refractivity contribution in [1.29, 1.82) is 0 Å². The number of carboxylic acids is 1. The van der Waals surface area contributed by atoms with Gasteiger partial charge in [0.25, 0.3) is 0 Å². The molecule has 0 amide bonds. The van der Waals surface area contributed by atoms with E-state index < -0.39 is 17.7 Å². The standard InChI is InChI=1S/C16H14BrFO3/c1-21-13-6-5-11(15(18)9-13)8-14(16(19)20)10-3-2-4-12(17)7-10/h2-7,9,14H,8H2,1H3,(H,19,20). The van der Waals surface area contributed by atoms with Gasteiger partial charge in [0.1, 0.15) is 11.6 Å². The third-order valence-corrected chi connectivity index (χ3v) is 3.73. The lowest BCUT2D eigenvalue weighted by atomic mass is 9.92. The summed E-state index contributed by atoms with van der Waals surface area (Å²) in [5, 5.41) is 9.41. The van der Waals surface area contributed by atoms with Gasteiger partial charge in [-0.15, -0.1) is 0 Å². The smallest absolute Gasteiger partial charge is 0.311 e. The van der Waals surface area contributed by atoms with E-state index in [2.05, 4.69) is 15.9 Å². The van der Waals surface area contributed by atoms with E-state index in [1.807, 2.05) is 6.07 Å². The predicted octanol–water partition coefficient (Wildman–Crippen LogP) is 4.01. The fraction of sp³-hybridized carbons (Fsp3) is 0.188. The average molecular weight is 353 g/mol. The first kappa shape index (κ1) is 15.5. The summed E-state index contributed by atoms with van der Waals surface area (Å²) in [6, 6.07) is 11.5. The van der Waals surface area contributed by atoms with Crippen LogP contribution in [0, 0.1) is 5.82 Å². The summed E-state index contributed by atoms with van der Waals surface area (Å²) >= 11 is 3.31. The van der Waals surface area contributed by atoms with Gasteiger partial charge in [-0.05, 0) is 35.7 Å². The number of carbonyl (C=O) groups is 1. The molecule has 110 valence electrons. The Bertz CT molecular complexity index is 658. The lowest BCUT2D eigenvalue weighted by Gasteiger charge is -2.14. The Labute approximate surface area is 130 Å². The SMILES string of the molecule is COc1ccc(CC(C(=O)O)c2cccc(Br)c2)c(F)c1. The van der Waals surface area contributed by atoms with Crippen molar-refractivity contribution in [2.45, 2.75) is 12.3 Å². The average Bonchev–Trinajstić information content (AvgIpc) is 2.45. The minimum atomic E-state index is -0.983. The van der Waals surface area contributed by atoms with Crippen molar-refractivity contribution in [3.63, 3.8) is 0 Å². The summed E-state index contributed by atoms with van der Waals surface area (Å²) in [5.74, 6) is -1.84. The number of benzene rings is 2. The van der Waals surface area contributed by atoms with Gasteiger partial charge in [0, 0.05) is 10.5 Å². The maximum Gasteiger partial charge on any atom is 0.311 e. The molecule has 0 aliphatic carbocycles. The topological polar surface area (TPSA) is 46.5 Å². The zero-order valence-electron chi connectivity index (χ0n) is 11.3. The number of rotatable bonds is 5. The van der Waals surface area contributed by atoms with Gasteiger partial charge in [-0.2, -0.15) is 0 Å². The lowest BCUT2D eigenvalue weighted by Crippen LogP contribution is -2.15. The van der Waals surface area contributed by atoms with E-state index in [1.54, 1.807) is 30.3 Å². The van der Waals surface area contributed by atoms with Gasteiger partial charge >= 0.3 is 5.97 Å². The molecule has 2 aromatic carbocycles. The van der Waals surface area contributed by atoms with Gasteiger partial charge < -0.3 is 9.84 Å². The molecule has 5 heteroatoms. The van der Waals surface area contributed by atoms with Crippen molar-refractivity contribution in [2.24, 2.45) is 0 Å². The normalized spacial score (nSPS) is 12.0. The molecular weight excluding hydrogens is 339 g/mol. The lowest BCUT2D eigenvalue weighted by molar-refractivity contribution is -0.138. The molecule has 0 aliphatic heterocycles. The van der Waals surface area contributed by atoms with Crippen LogP contribution in [0.5, 0.6) is 5.75 Å². The summed E-state index contributed by atoms with van der Waals surface area (Å²) in [5.41, 5.74) is 0.982. The van der Waals surface area contributed by atoms with Crippen LogP contribution in [0.3, 0.4) is 0 Å². The van der Waals surface area contributed by atoms with Crippen molar-refractivity contribution >= 4 is 21.9 Å². The van der Waals surface area contributed by atoms with Crippen molar-refractivity contribution in [3.8, 4) is 5.75 Å². The quantitative estimate of drug-likeness (QED) is 0.884. The fourth-order valence-electron chi connectivity index (χ4n) is 2.11. The Morgan fingerprint density at radius 1 is 1.33 bits per heavy atom. The summed E-state index contributed by atoms with van der Waals surface area (Å²) < 4.78 is 19.7. The Morgan fingerprint density at radius 2 is 2.10 bits per heavy atom. The van der Waals surface area contributed by atoms with Crippen molar-refractivity contribution in [3.05, 3.63) is 63.9 Å². The van der Waals surface area contributed by atoms with Crippen LogP contribution < -0.4 is 4.74 Å². The molecule has 0 radical (unpaired) electrons. The highest BCUT2D eigenvalue weighted by Crippen LogP contribution is 2.26. The first-order valence-corrected chi connectivity index (χ1v) is 7.11. The molecule has 1 atom stereocenters. The minimum absolute atomic E-state index is 0.0849. The van der Waals surface area contributed by atoms with Gasteiger partial charge in [0.15, 0.2) is 0 Å². The summed E-state index contributed by atoms with van der Waals surface area (Å²) in [4.78, 5) is 11.5. The monoisotopic (exact) mass is 352 g/mol. The maximum atomic E-state index is 14.0. The van der Waals surface area contributed by atoms with Crippen LogP contribution in [-0.2, 0) is 11.2 Å². The van der Waals surface area contributed by atoms with E-state index >= 15 is 0 Å². The van der Waals surface area contributed by atoms with Crippen LogP contribution in [0.15, 0.2) is 46.9 Å². The van der Waals surface area contributed by atoms with Gasteiger partial charge in [0.2, 0.25) is 0 Å². The van der Waals surface area contributed by atoms with Crippen LogP contribution in [0.25, 0.3) is 0 Å². The molecule has 3 nitrogen and oxygen atoms in total. The molecule has 0 saturated heterocycles. The molecular formula is C16H14BrFO3. The van der Waals surface area contributed by atoms with E-state index in [4.69, 9.17) is 4.74 Å². The molecule has 0 bridgehead atoms. The Kier molecular flexibility index (Phi) is 4.96. The highest BCUT2D eigenvalue weighted by Gasteiger charge is 2.22. The van der Waals surface area contributed by atoms with E-state index in [0.29, 0.717) is 16.9 Å². The third-order valence-electron chi connectivity index (χ3n) is 3.23. The molecule has 0 saturated carbocycles. The number of hydrogen-bond acceptors (Lipinski definition) is 2. The Balaban J connectivity index is 2.31. The number of aliphatic carboxylic acids is 1. The molecule has 1 unspecified atom stereocenters. The fourth-order valence-corrected chi connectivity index (χ4v) is 2.53. The Morgan fingerprint density at radius 3 is 2.67 bits per heavy atom. The molecule has 21 heavy (non-hydrogen) atoms. The van der Waals surface area contributed by atoms with Crippen LogP contribution >= 0.6 is 15.9 Å². The van der Waals surface area contributed by atoms with Crippen LogP contribution in [0.1, 0.15) is 17.0 Å². The van der Waals surface area contributed by atoms with Gasteiger partial charge in [0.05, 0.1) is 13.0 Å². The van der Waals surface area contributed by atoms with E-state index in [0.717, 1.165) is 4.47 Å². The number of halogens is 2. The molecule has 0 aromatic heterocycles. The summed E-state index contributed by atoms with van der Waals surface area (Å²) in [7, 11) is 1.45. The molecule has 2 rings (SSSR count). The van der Waals surface area contributed by atoms with Crippen LogP contribution in [0.4, 0.5) is 4.39 Å². The van der Waals surface area contributed by atoms with Crippen molar-refractivity contribution in [2.75, 3.05) is 7.11 Å². The zero-order chi connectivity index (χ0) is 15.4. The van der Waals surface area contributed by atoms with Gasteiger partial charge in [-0.25, -0.2) is 4.39 Å². The van der Waals surface area contributed by atoms with Gasteiger partial charge in [-0.3, -0.25) is 4.79 Å². The number of methoxy groups -OCH3 is 1. The summed E-state index contributed by atoms with van der Waals surface area (Å²) in [6.45, 7) is 0.